The molecule has 1 aromatic rings. The highest BCUT2D eigenvalue weighted by atomic mass is 32.2. The first-order valence-corrected chi connectivity index (χ1v) is 10.2. The van der Waals surface area contributed by atoms with E-state index in [0.717, 1.165) is 12.8 Å². The van der Waals surface area contributed by atoms with E-state index in [9.17, 15) is 13.2 Å². The second-order valence-electron chi connectivity index (χ2n) is 7.60. The molecule has 0 unspecified atom stereocenters. The molecule has 0 aliphatic carbocycles. The third-order valence-corrected chi connectivity index (χ3v) is 5.54. The molecular formula is C15H24N4O5S. The Balaban J connectivity index is 1.67. The Morgan fingerprint density at radius 2 is 2.00 bits per heavy atom. The first kappa shape index (κ1) is 18.1. The number of hydrogen-bond donors (Lipinski definition) is 0. The minimum Gasteiger partial charge on any atom is -0.444 e. The van der Waals surface area contributed by atoms with Crippen molar-refractivity contribution in [2.75, 3.05) is 25.9 Å². The van der Waals surface area contributed by atoms with Gasteiger partial charge in [0, 0.05) is 19.6 Å². The molecule has 1 aromatic heterocycles. The van der Waals surface area contributed by atoms with Crippen LogP contribution in [-0.2, 0) is 14.8 Å². The number of amides is 1. The van der Waals surface area contributed by atoms with Crippen molar-refractivity contribution >= 4 is 16.1 Å². The zero-order valence-corrected chi connectivity index (χ0v) is 15.7. The smallest absolute Gasteiger partial charge is 0.410 e. The Hall–Kier alpha value is -1.68. The zero-order valence-electron chi connectivity index (χ0n) is 14.9. The fourth-order valence-corrected chi connectivity index (χ4v) is 3.88. The van der Waals surface area contributed by atoms with Gasteiger partial charge in [0.15, 0.2) is 5.82 Å². The maximum Gasteiger partial charge on any atom is 0.410 e. The molecule has 140 valence electrons. The molecule has 0 bridgehead atoms. The van der Waals surface area contributed by atoms with Crippen molar-refractivity contribution in [2.24, 2.45) is 0 Å². The van der Waals surface area contributed by atoms with Gasteiger partial charge in [-0.15, -0.1) is 0 Å². The average Bonchev–Trinajstić information content (AvgIpc) is 3.00. The topological polar surface area (TPSA) is 106 Å². The lowest BCUT2D eigenvalue weighted by Gasteiger charge is -2.35. The number of hydrogen-bond acceptors (Lipinski definition) is 7. The van der Waals surface area contributed by atoms with E-state index < -0.39 is 15.6 Å². The highest BCUT2D eigenvalue weighted by molar-refractivity contribution is 7.88. The highest BCUT2D eigenvalue weighted by Gasteiger charge is 2.40. The van der Waals surface area contributed by atoms with Crippen molar-refractivity contribution < 1.29 is 22.5 Å². The molecule has 3 rings (SSSR count). The fraction of sp³-hybridized carbons (Fsp3) is 0.800. The lowest BCUT2D eigenvalue weighted by molar-refractivity contribution is 0.0199. The van der Waals surface area contributed by atoms with Gasteiger partial charge in [-0.05, 0) is 33.6 Å². The van der Waals surface area contributed by atoms with E-state index in [0.29, 0.717) is 31.3 Å². The molecule has 9 nitrogen and oxygen atoms in total. The molecule has 2 aliphatic rings. The van der Waals surface area contributed by atoms with Crippen LogP contribution in [-0.4, -0.2) is 65.3 Å². The summed E-state index contributed by atoms with van der Waals surface area (Å²) in [6, 6.07) is -0.290. The van der Waals surface area contributed by atoms with E-state index >= 15 is 0 Å². The van der Waals surface area contributed by atoms with Gasteiger partial charge in [-0.1, -0.05) is 5.16 Å². The molecule has 25 heavy (non-hydrogen) atoms. The third-order valence-electron chi connectivity index (χ3n) is 4.31. The summed E-state index contributed by atoms with van der Waals surface area (Å²) in [5.41, 5.74) is -0.564. The largest absolute Gasteiger partial charge is 0.444 e. The van der Waals surface area contributed by atoms with Crippen molar-refractivity contribution in [1.29, 1.82) is 0 Å². The molecule has 3 heterocycles. The predicted octanol–water partition coefficient (Wildman–Crippen LogP) is 1.50. The maximum absolute atomic E-state index is 12.3. The monoisotopic (exact) mass is 372 g/mol. The molecule has 2 aliphatic heterocycles. The molecule has 1 atom stereocenters. The molecule has 0 N–H and O–H groups in total. The van der Waals surface area contributed by atoms with Crippen molar-refractivity contribution in [3.8, 4) is 0 Å². The summed E-state index contributed by atoms with van der Waals surface area (Å²) in [6.07, 6.45) is 2.37. The first-order valence-electron chi connectivity index (χ1n) is 8.33. The minimum atomic E-state index is -3.18. The van der Waals surface area contributed by atoms with Crippen LogP contribution in [0.1, 0.15) is 57.3 Å². The lowest BCUT2D eigenvalue weighted by atomic mass is 10.0. The number of sulfonamides is 1. The Kier molecular flexibility index (Phi) is 4.52. The van der Waals surface area contributed by atoms with Gasteiger partial charge in [0.05, 0.1) is 12.2 Å². The van der Waals surface area contributed by atoms with Crippen LogP contribution in [0.25, 0.3) is 0 Å². The van der Waals surface area contributed by atoms with Crippen molar-refractivity contribution in [1.82, 2.24) is 19.3 Å². The van der Waals surface area contributed by atoms with Crippen LogP contribution in [0.15, 0.2) is 4.52 Å². The number of aromatic nitrogens is 2. The number of rotatable bonds is 3. The number of carbonyl (C=O) groups excluding carboxylic acids is 1. The molecule has 10 heteroatoms. The maximum atomic E-state index is 12.3. The zero-order chi connectivity index (χ0) is 18.4. The number of nitrogens with zero attached hydrogens (tertiary/aromatic N) is 4. The number of carbonyl (C=O) groups is 1. The molecule has 2 saturated heterocycles. The second-order valence-corrected chi connectivity index (χ2v) is 9.58. The quantitative estimate of drug-likeness (QED) is 0.791. The second kappa shape index (κ2) is 6.24. The summed E-state index contributed by atoms with van der Waals surface area (Å²) < 4.78 is 35.0. The highest BCUT2D eigenvalue weighted by Crippen LogP contribution is 2.34. The Labute approximate surface area is 147 Å². The average molecular weight is 372 g/mol. The van der Waals surface area contributed by atoms with Crippen LogP contribution in [0.3, 0.4) is 0 Å². The third kappa shape index (κ3) is 3.95. The summed E-state index contributed by atoms with van der Waals surface area (Å²) in [6.45, 7) is 6.78. The van der Waals surface area contributed by atoms with Crippen LogP contribution in [0.5, 0.6) is 0 Å². The molecule has 1 amide bonds. The van der Waals surface area contributed by atoms with Crippen LogP contribution in [0.2, 0.25) is 0 Å². The van der Waals surface area contributed by atoms with Crippen molar-refractivity contribution in [3.63, 3.8) is 0 Å². The normalized spacial score (nSPS) is 22.9. The van der Waals surface area contributed by atoms with Crippen molar-refractivity contribution in [2.45, 2.75) is 51.2 Å². The Morgan fingerprint density at radius 1 is 1.32 bits per heavy atom. The van der Waals surface area contributed by atoms with Crippen LogP contribution < -0.4 is 0 Å². The van der Waals surface area contributed by atoms with E-state index in [1.807, 2.05) is 20.8 Å². The van der Waals surface area contributed by atoms with Gasteiger partial charge < -0.3 is 9.26 Å². The Bertz CT molecular complexity index is 748. The van der Waals surface area contributed by atoms with Gasteiger partial charge in [-0.2, -0.15) is 4.98 Å². The first-order chi connectivity index (χ1) is 11.5. The molecule has 0 saturated carbocycles. The van der Waals surface area contributed by atoms with Crippen molar-refractivity contribution in [3.05, 3.63) is 11.7 Å². The standard InChI is InChI=1S/C15H24N4O5S/c1-15(2,3)23-14(20)19-7-5-6-11(19)13-16-12(17-24-13)10-8-18(9-10)25(4,21)22/h10-11H,5-9H2,1-4H3/t11-/m0/s1. The summed E-state index contributed by atoms with van der Waals surface area (Å²) in [7, 11) is -3.18. The lowest BCUT2D eigenvalue weighted by Crippen LogP contribution is -2.48. The predicted molar refractivity (Wildman–Crippen MR) is 88.4 cm³/mol. The van der Waals surface area contributed by atoms with Crippen LogP contribution >= 0.6 is 0 Å². The van der Waals surface area contributed by atoms with Gasteiger partial charge in [0.2, 0.25) is 15.9 Å². The fourth-order valence-electron chi connectivity index (χ4n) is 2.98. The van der Waals surface area contributed by atoms with Gasteiger partial charge in [0.1, 0.15) is 11.6 Å². The summed E-state index contributed by atoms with van der Waals surface area (Å²) >= 11 is 0. The molecule has 0 aromatic carbocycles. The van der Waals surface area contributed by atoms with E-state index in [4.69, 9.17) is 9.26 Å². The minimum absolute atomic E-state index is 0.0661. The van der Waals surface area contributed by atoms with E-state index in [2.05, 4.69) is 10.1 Å². The summed E-state index contributed by atoms with van der Waals surface area (Å²) in [5.74, 6) is 0.811. The molecule has 2 fully saturated rings. The van der Waals surface area contributed by atoms with Crippen LogP contribution in [0.4, 0.5) is 4.79 Å². The summed E-state index contributed by atoms with van der Waals surface area (Å²) in [5, 5.41) is 3.98. The Morgan fingerprint density at radius 3 is 2.60 bits per heavy atom. The van der Waals surface area contributed by atoms with E-state index in [1.54, 1.807) is 4.90 Å². The molecular weight excluding hydrogens is 348 g/mol. The molecule has 0 spiro atoms. The number of ether oxygens (including phenoxy) is 1. The van der Waals surface area contributed by atoms with Gasteiger partial charge in [-0.3, -0.25) is 4.90 Å². The SMILES string of the molecule is CC(C)(C)OC(=O)N1CCC[C@H]1c1nc(C2CN(S(C)(=O)=O)C2)no1. The van der Waals surface area contributed by atoms with Gasteiger partial charge in [-0.25, -0.2) is 17.5 Å². The number of likely N-dealkylation sites (tertiary alicyclic amines) is 1. The van der Waals surface area contributed by atoms with E-state index in [1.165, 1.54) is 10.6 Å². The van der Waals surface area contributed by atoms with Crippen LogP contribution in [0, 0.1) is 0 Å². The van der Waals surface area contributed by atoms with Gasteiger partial charge in [0.25, 0.3) is 0 Å². The summed E-state index contributed by atoms with van der Waals surface area (Å²) in [4.78, 5) is 18.4. The van der Waals surface area contributed by atoms with E-state index in [-0.39, 0.29) is 18.1 Å². The molecule has 0 radical (unpaired) electrons. The van der Waals surface area contributed by atoms with Gasteiger partial charge >= 0.3 is 6.09 Å².